The first-order valence-corrected chi connectivity index (χ1v) is 8.58. The Labute approximate surface area is 137 Å². The minimum Gasteiger partial charge on any atom is -0.502 e. The van der Waals surface area contributed by atoms with E-state index in [1.165, 1.54) is 32.1 Å². The third-order valence-corrected chi connectivity index (χ3v) is 4.08. The molecule has 0 rings (SSSR count). The molecule has 0 fully saturated rings. The second-order valence-electron chi connectivity index (χ2n) is 5.60. The molecule has 0 bridgehead atoms. The van der Waals surface area contributed by atoms with Gasteiger partial charge in [-0.2, -0.15) is 0 Å². The lowest BCUT2D eigenvalue weighted by Gasteiger charge is -2.36. The van der Waals surface area contributed by atoms with Gasteiger partial charge in [0, 0.05) is 27.2 Å². The summed E-state index contributed by atoms with van der Waals surface area (Å²) in [5.41, 5.74) is 0. The highest BCUT2D eigenvalue weighted by Gasteiger charge is 2.39. The van der Waals surface area contributed by atoms with Crippen LogP contribution in [0.15, 0.2) is 12.3 Å². The van der Waals surface area contributed by atoms with Gasteiger partial charge >= 0.3 is 0 Å². The normalized spacial score (nSPS) is 13.7. The summed E-state index contributed by atoms with van der Waals surface area (Å²) < 4.78 is 22.1. The van der Waals surface area contributed by atoms with Gasteiger partial charge in [-0.05, 0) is 19.8 Å². The van der Waals surface area contributed by atoms with Crippen LogP contribution in [0.1, 0.15) is 65.2 Å². The van der Waals surface area contributed by atoms with Crippen molar-refractivity contribution in [1.29, 1.82) is 0 Å². The molecule has 0 aliphatic carbocycles. The van der Waals surface area contributed by atoms with Crippen molar-refractivity contribution < 1.29 is 18.9 Å². The van der Waals surface area contributed by atoms with Gasteiger partial charge in [-0.3, -0.25) is 0 Å². The maximum Gasteiger partial charge on any atom is 0.285 e. The van der Waals surface area contributed by atoms with Crippen LogP contribution < -0.4 is 0 Å². The molecule has 4 nitrogen and oxygen atoms in total. The van der Waals surface area contributed by atoms with E-state index < -0.39 is 5.97 Å². The first kappa shape index (κ1) is 21.4. The Morgan fingerprint density at radius 2 is 1.45 bits per heavy atom. The molecule has 0 aliphatic rings. The molecule has 1 atom stereocenters. The van der Waals surface area contributed by atoms with Crippen LogP contribution in [0, 0.1) is 5.92 Å². The zero-order valence-electron chi connectivity index (χ0n) is 15.2. The summed E-state index contributed by atoms with van der Waals surface area (Å²) in [7, 11) is 4.90. The molecule has 0 amide bonds. The number of allylic oxidation sites excluding steroid dienone is 1. The number of unbranched alkanes of at least 4 members (excludes halogenated alkanes) is 5. The van der Waals surface area contributed by atoms with Gasteiger partial charge in [0.25, 0.3) is 5.97 Å². The Hall–Kier alpha value is -0.580. The minimum atomic E-state index is -0.970. The zero-order chi connectivity index (χ0) is 16.7. The molecule has 0 saturated carbocycles. The van der Waals surface area contributed by atoms with Gasteiger partial charge in [-0.1, -0.05) is 51.5 Å². The van der Waals surface area contributed by atoms with Crippen molar-refractivity contribution >= 4 is 0 Å². The highest BCUT2D eigenvalue weighted by molar-refractivity contribution is 4.73. The van der Waals surface area contributed by atoms with Crippen molar-refractivity contribution in [3.63, 3.8) is 0 Å². The number of hydrogen-bond donors (Lipinski definition) is 0. The van der Waals surface area contributed by atoms with Gasteiger partial charge < -0.3 is 18.9 Å². The maximum atomic E-state index is 5.53. The Balaban J connectivity index is 4.38. The van der Waals surface area contributed by atoms with Crippen LogP contribution in [0.3, 0.4) is 0 Å². The lowest BCUT2D eigenvalue weighted by Crippen LogP contribution is -2.44. The molecule has 0 heterocycles. The van der Waals surface area contributed by atoms with Crippen LogP contribution in [-0.2, 0) is 18.9 Å². The first-order valence-electron chi connectivity index (χ1n) is 8.58. The molecule has 22 heavy (non-hydrogen) atoms. The zero-order valence-corrected chi connectivity index (χ0v) is 15.2. The molecule has 0 N–H and O–H groups in total. The van der Waals surface area contributed by atoms with Crippen molar-refractivity contribution in [3.8, 4) is 0 Å². The molecule has 0 aromatic rings. The third kappa shape index (κ3) is 8.16. The SMILES string of the molecule is CC=COCCC(CCCCCCCC)C(OC)(OC)OC. The molecule has 0 aromatic carbocycles. The lowest BCUT2D eigenvalue weighted by molar-refractivity contribution is -0.380. The Bertz CT molecular complexity index is 254. The van der Waals surface area contributed by atoms with Gasteiger partial charge in [-0.25, -0.2) is 0 Å². The highest BCUT2D eigenvalue weighted by atomic mass is 16.9. The Morgan fingerprint density at radius 1 is 0.864 bits per heavy atom. The number of ether oxygens (including phenoxy) is 4. The molecule has 0 aromatic heterocycles. The monoisotopic (exact) mass is 316 g/mol. The molecule has 0 radical (unpaired) electrons. The summed E-state index contributed by atoms with van der Waals surface area (Å²) >= 11 is 0. The molecule has 1 unspecified atom stereocenters. The second-order valence-corrected chi connectivity index (χ2v) is 5.60. The fourth-order valence-electron chi connectivity index (χ4n) is 2.79. The van der Waals surface area contributed by atoms with Crippen LogP contribution in [-0.4, -0.2) is 33.9 Å². The van der Waals surface area contributed by atoms with E-state index in [4.69, 9.17) is 18.9 Å². The fraction of sp³-hybridized carbons (Fsp3) is 0.889. The molecular formula is C18H36O4. The van der Waals surface area contributed by atoms with Gasteiger partial charge in [0.1, 0.15) is 0 Å². The maximum absolute atomic E-state index is 5.53. The summed E-state index contributed by atoms with van der Waals surface area (Å²) in [4.78, 5) is 0. The van der Waals surface area contributed by atoms with E-state index in [2.05, 4.69) is 6.92 Å². The van der Waals surface area contributed by atoms with E-state index in [9.17, 15) is 0 Å². The van der Waals surface area contributed by atoms with E-state index >= 15 is 0 Å². The average Bonchev–Trinajstić information content (AvgIpc) is 2.55. The largest absolute Gasteiger partial charge is 0.502 e. The van der Waals surface area contributed by atoms with E-state index in [1.807, 2.05) is 13.0 Å². The van der Waals surface area contributed by atoms with Crippen LogP contribution >= 0.6 is 0 Å². The molecule has 132 valence electrons. The van der Waals surface area contributed by atoms with E-state index in [0.29, 0.717) is 6.61 Å². The van der Waals surface area contributed by atoms with Crippen molar-refractivity contribution in [2.24, 2.45) is 5.92 Å². The number of rotatable bonds is 15. The van der Waals surface area contributed by atoms with Crippen LogP contribution in [0.2, 0.25) is 0 Å². The number of hydrogen-bond acceptors (Lipinski definition) is 4. The quantitative estimate of drug-likeness (QED) is 0.245. The topological polar surface area (TPSA) is 36.9 Å². The summed E-state index contributed by atoms with van der Waals surface area (Å²) in [5.74, 6) is -0.813. The lowest BCUT2D eigenvalue weighted by atomic mass is 9.94. The third-order valence-electron chi connectivity index (χ3n) is 4.08. The summed E-state index contributed by atoms with van der Waals surface area (Å²) in [6.45, 7) is 4.82. The van der Waals surface area contributed by atoms with E-state index in [1.54, 1.807) is 27.6 Å². The van der Waals surface area contributed by atoms with E-state index in [0.717, 1.165) is 19.3 Å². The van der Waals surface area contributed by atoms with Crippen LogP contribution in [0.25, 0.3) is 0 Å². The fourth-order valence-corrected chi connectivity index (χ4v) is 2.79. The van der Waals surface area contributed by atoms with Gasteiger partial charge in [-0.15, -0.1) is 0 Å². The molecule has 0 saturated heterocycles. The minimum absolute atomic E-state index is 0.156. The standard InChI is InChI=1S/C18H36O4/c1-6-8-9-10-11-12-13-17(14-16-22-15-7-2)18(19-3,20-4)21-5/h7,15,17H,6,8-14,16H2,1-5H3. The predicted octanol–water partition coefficient (Wildman–Crippen LogP) is 4.89. The predicted molar refractivity (Wildman–Crippen MR) is 90.6 cm³/mol. The average molecular weight is 316 g/mol. The number of methoxy groups -OCH3 is 3. The molecular weight excluding hydrogens is 280 g/mol. The Kier molecular flexibility index (Phi) is 13.7. The highest BCUT2D eigenvalue weighted by Crippen LogP contribution is 2.31. The summed E-state index contributed by atoms with van der Waals surface area (Å²) in [5, 5.41) is 0. The molecule has 4 heteroatoms. The van der Waals surface area contributed by atoms with Crippen LogP contribution in [0.4, 0.5) is 0 Å². The summed E-state index contributed by atoms with van der Waals surface area (Å²) in [6, 6.07) is 0. The second kappa shape index (κ2) is 14.0. The van der Waals surface area contributed by atoms with Crippen LogP contribution in [0.5, 0.6) is 0 Å². The van der Waals surface area contributed by atoms with Crippen molar-refractivity contribution in [2.45, 2.75) is 71.2 Å². The van der Waals surface area contributed by atoms with Crippen molar-refractivity contribution in [1.82, 2.24) is 0 Å². The van der Waals surface area contributed by atoms with Crippen molar-refractivity contribution in [3.05, 3.63) is 12.3 Å². The summed E-state index contributed by atoms with van der Waals surface area (Å²) in [6.07, 6.45) is 13.1. The first-order chi connectivity index (χ1) is 10.7. The molecule has 0 spiro atoms. The molecule has 0 aliphatic heterocycles. The van der Waals surface area contributed by atoms with Gasteiger partial charge in [0.2, 0.25) is 0 Å². The Morgan fingerprint density at radius 3 is 2.00 bits per heavy atom. The van der Waals surface area contributed by atoms with Crippen molar-refractivity contribution in [2.75, 3.05) is 27.9 Å². The smallest absolute Gasteiger partial charge is 0.285 e. The van der Waals surface area contributed by atoms with E-state index in [-0.39, 0.29) is 5.92 Å². The van der Waals surface area contributed by atoms with Gasteiger partial charge in [0.15, 0.2) is 0 Å². The van der Waals surface area contributed by atoms with Gasteiger partial charge in [0.05, 0.1) is 12.9 Å².